The predicted octanol–water partition coefficient (Wildman–Crippen LogP) is 5.91. The SMILES string of the molecule is Cc1cc(CNC[C@H](O)c2ccc(O)c3[nH]c(=O)ccc23)ccc1NC(=O)CCc1ccc(-c2ccccc2)c(NC(=O)O[C@@H]2C[C@@H]3[C@H]4O[C@H]4[C@H](C2)[N+]3(C)C)c1. The quantitative estimate of drug-likeness (QED) is 0.0676. The van der Waals surface area contributed by atoms with Gasteiger partial charge in [-0.2, -0.15) is 0 Å². The molecule has 4 aromatic carbocycles. The number of fused-ring (bicyclic) bond motifs is 6. The minimum atomic E-state index is -0.871. The number of aryl methyl sites for hydroxylation is 2. The molecule has 12 heteroatoms. The van der Waals surface area contributed by atoms with Gasteiger partial charge in [0, 0.05) is 55.1 Å². The second kappa shape index (κ2) is 15.2. The number of aliphatic hydroxyl groups excluding tert-OH is 1. The van der Waals surface area contributed by atoms with Gasteiger partial charge in [-0.3, -0.25) is 14.9 Å². The van der Waals surface area contributed by atoms with Crippen molar-refractivity contribution in [2.45, 2.75) is 75.7 Å². The van der Waals surface area contributed by atoms with Crippen LogP contribution < -0.4 is 21.5 Å². The molecule has 5 aromatic rings. The van der Waals surface area contributed by atoms with Crippen LogP contribution in [0.2, 0.25) is 0 Å². The van der Waals surface area contributed by atoms with Crippen molar-refractivity contribution in [2.24, 2.45) is 0 Å². The number of anilines is 2. The molecule has 6 atom stereocenters. The number of ether oxygens (including phenoxy) is 2. The summed E-state index contributed by atoms with van der Waals surface area (Å²) >= 11 is 0. The van der Waals surface area contributed by atoms with Crippen molar-refractivity contribution in [2.75, 3.05) is 31.3 Å². The average Bonchev–Trinajstić information content (AvgIpc) is 3.95. The molecule has 6 N–H and O–H groups in total. The van der Waals surface area contributed by atoms with Gasteiger partial charge < -0.3 is 39.8 Å². The number of aromatic nitrogens is 1. The second-order valence-electron chi connectivity index (χ2n) is 15.8. The van der Waals surface area contributed by atoms with Gasteiger partial charge in [-0.25, -0.2) is 4.79 Å². The number of phenols is 1. The van der Waals surface area contributed by atoms with Gasteiger partial charge in [-0.05, 0) is 65.4 Å². The molecule has 3 aliphatic rings. The number of nitrogens with zero attached hydrogens (tertiary/aromatic N) is 1. The summed E-state index contributed by atoms with van der Waals surface area (Å²) in [5.74, 6) is -0.180. The van der Waals surface area contributed by atoms with Crippen LogP contribution in [0, 0.1) is 6.92 Å². The molecule has 1 aromatic heterocycles. The van der Waals surface area contributed by atoms with E-state index in [0.29, 0.717) is 47.2 Å². The van der Waals surface area contributed by atoms with Crippen LogP contribution in [0.1, 0.15) is 47.6 Å². The first kappa shape index (κ1) is 37.4. The van der Waals surface area contributed by atoms with Crippen LogP contribution in [0.15, 0.2) is 95.8 Å². The Kier molecular flexibility index (Phi) is 10.1. The first-order valence-corrected chi connectivity index (χ1v) is 19.2. The molecule has 0 unspecified atom stereocenters. The molecule has 0 saturated carbocycles. The molecule has 56 heavy (non-hydrogen) atoms. The highest BCUT2D eigenvalue weighted by molar-refractivity contribution is 5.93. The third kappa shape index (κ3) is 7.65. The number of nitrogens with one attached hydrogen (secondary N) is 4. The first-order chi connectivity index (χ1) is 26.9. The maximum absolute atomic E-state index is 13.3. The number of pyridine rings is 1. The van der Waals surface area contributed by atoms with Crippen LogP contribution in [-0.2, 0) is 27.2 Å². The fourth-order valence-electron chi connectivity index (χ4n) is 8.77. The fraction of sp³-hybridized carbons (Fsp3) is 0.341. The number of phenolic OH excluding ortho intramolecular Hbond substituents is 1. The van der Waals surface area contributed by atoms with Gasteiger partial charge in [0.05, 0.1) is 31.4 Å². The van der Waals surface area contributed by atoms with Crippen molar-refractivity contribution in [3.63, 3.8) is 0 Å². The van der Waals surface area contributed by atoms with E-state index in [0.717, 1.165) is 50.8 Å². The van der Waals surface area contributed by atoms with Crippen molar-refractivity contribution in [3.05, 3.63) is 124 Å². The number of piperidine rings is 1. The number of amides is 2. The molecule has 0 radical (unpaired) electrons. The normalized spacial score (nSPS) is 22.2. The number of aromatic amines is 1. The summed E-state index contributed by atoms with van der Waals surface area (Å²) < 4.78 is 12.8. The highest BCUT2D eigenvalue weighted by Gasteiger charge is 2.70. The molecule has 3 fully saturated rings. The number of benzene rings is 4. The van der Waals surface area contributed by atoms with E-state index in [9.17, 15) is 24.6 Å². The van der Waals surface area contributed by atoms with Gasteiger partial charge in [-0.1, -0.05) is 60.7 Å². The number of rotatable bonds is 12. The largest absolute Gasteiger partial charge is 0.506 e. The van der Waals surface area contributed by atoms with Gasteiger partial charge in [0.25, 0.3) is 0 Å². The number of H-pyrrole nitrogens is 1. The van der Waals surface area contributed by atoms with Crippen molar-refractivity contribution in [1.29, 1.82) is 0 Å². The molecule has 2 amide bonds. The number of aliphatic hydroxyl groups is 1. The summed E-state index contributed by atoms with van der Waals surface area (Å²) in [7, 11) is 4.50. The van der Waals surface area contributed by atoms with Crippen molar-refractivity contribution < 1.29 is 33.8 Å². The number of carbonyl (C=O) groups excluding carboxylic acids is 2. The molecule has 0 spiro atoms. The molecule has 290 valence electrons. The Morgan fingerprint density at radius 2 is 1.66 bits per heavy atom. The molecule has 12 nitrogen and oxygen atoms in total. The highest BCUT2D eigenvalue weighted by atomic mass is 16.6. The van der Waals surface area contributed by atoms with E-state index in [1.165, 1.54) is 12.1 Å². The molecular weight excluding hydrogens is 711 g/mol. The molecular formula is C44H48N5O7+. The Bertz CT molecular complexity index is 2320. The van der Waals surface area contributed by atoms with Crippen molar-refractivity contribution >= 4 is 34.3 Å². The lowest BCUT2D eigenvalue weighted by Gasteiger charge is -2.45. The Morgan fingerprint density at radius 3 is 2.41 bits per heavy atom. The number of hydrogen-bond donors (Lipinski definition) is 6. The van der Waals surface area contributed by atoms with E-state index in [2.05, 4.69) is 35.0 Å². The zero-order valence-electron chi connectivity index (χ0n) is 31.7. The number of carbonyl (C=O) groups is 2. The zero-order valence-corrected chi connectivity index (χ0v) is 31.7. The highest BCUT2D eigenvalue weighted by Crippen LogP contribution is 2.51. The molecule has 3 aliphatic heterocycles. The monoisotopic (exact) mass is 758 g/mol. The van der Waals surface area contributed by atoms with E-state index < -0.39 is 12.2 Å². The lowest BCUT2D eigenvalue weighted by Crippen LogP contribution is -2.60. The van der Waals surface area contributed by atoms with Crippen LogP contribution >= 0.6 is 0 Å². The molecule has 3 saturated heterocycles. The average molecular weight is 759 g/mol. The lowest BCUT2D eigenvalue weighted by atomic mass is 9.96. The summed E-state index contributed by atoms with van der Waals surface area (Å²) in [6.45, 7) is 2.67. The van der Waals surface area contributed by atoms with E-state index in [-0.39, 0.29) is 48.5 Å². The minimum absolute atomic E-state index is 0.0559. The van der Waals surface area contributed by atoms with Crippen molar-refractivity contribution in [3.8, 4) is 16.9 Å². The maximum atomic E-state index is 13.3. The van der Waals surface area contributed by atoms with Gasteiger partial charge in [0.2, 0.25) is 11.5 Å². The number of morpholine rings is 1. The van der Waals surface area contributed by atoms with Crippen LogP contribution in [0.4, 0.5) is 16.2 Å². The summed E-state index contributed by atoms with van der Waals surface area (Å²) in [5, 5.41) is 31.0. The maximum Gasteiger partial charge on any atom is 0.411 e. The fourth-order valence-corrected chi connectivity index (χ4v) is 8.77. The molecule has 4 heterocycles. The topological polar surface area (TPSA) is 165 Å². The smallest absolute Gasteiger partial charge is 0.411 e. The van der Waals surface area contributed by atoms with Crippen molar-refractivity contribution in [1.82, 2.24) is 10.3 Å². The van der Waals surface area contributed by atoms with Crippen LogP contribution in [0.25, 0.3) is 22.0 Å². The summed E-state index contributed by atoms with van der Waals surface area (Å²) in [6, 6.07) is 28.3. The van der Waals surface area contributed by atoms with Gasteiger partial charge in [0.1, 0.15) is 36.1 Å². The van der Waals surface area contributed by atoms with Gasteiger partial charge in [-0.15, -0.1) is 0 Å². The Morgan fingerprint density at radius 1 is 0.911 bits per heavy atom. The van der Waals surface area contributed by atoms with Gasteiger partial charge >= 0.3 is 6.09 Å². The predicted molar refractivity (Wildman–Crippen MR) is 214 cm³/mol. The van der Waals surface area contributed by atoms with E-state index in [1.54, 1.807) is 12.1 Å². The number of likely N-dealkylation sites (N-methyl/N-ethyl adjacent to an activating group) is 1. The van der Waals surface area contributed by atoms with Gasteiger partial charge in [0.15, 0.2) is 0 Å². The summed E-state index contributed by atoms with van der Waals surface area (Å²) in [4.78, 5) is 40.8. The second-order valence-corrected chi connectivity index (χ2v) is 15.8. The van der Waals surface area contributed by atoms with E-state index in [1.807, 2.05) is 73.7 Å². The molecule has 0 aliphatic carbocycles. The minimum Gasteiger partial charge on any atom is -0.506 e. The number of quaternary nitrogens is 1. The summed E-state index contributed by atoms with van der Waals surface area (Å²) in [6.07, 6.45) is 1.34. The van der Waals surface area contributed by atoms with Crippen LogP contribution in [0.3, 0.4) is 0 Å². The Labute approximate surface area is 325 Å². The number of hydrogen-bond acceptors (Lipinski definition) is 8. The van der Waals surface area contributed by atoms with Crippen LogP contribution in [-0.4, -0.2) is 82.7 Å². The molecule has 2 bridgehead atoms. The van der Waals surface area contributed by atoms with Crippen LogP contribution in [0.5, 0.6) is 5.75 Å². The number of aromatic hydroxyl groups is 1. The van der Waals surface area contributed by atoms with E-state index in [4.69, 9.17) is 9.47 Å². The molecule has 8 rings (SSSR count). The Balaban J connectivity index is 0.856. The third-order valence-electron chi connectivity index (χ3n) is 11.9. The third-order valence-corrected chi connectivity index (χ3v) is 11.9. The summed E-state index contributed by atoms with van der Waals surface area (Å²) in [5.41, 5.74) is 6.55. The number of epoxide rings is 1. The Hall–Kier alpha value is -5.53. The first-order valence-electron chi connectivity index (χ1n) is 19.2. The lowest BCUT2D eigenvalue weighted by molar-refractivity contribution is -0.938. The van der Waals surface area contributed by atoms with E-state index >= 15 is 0 Å². The standard InChI is InChI=1S/C44H47N5O7/c1-25-19-27(23-45-24-38(51)31-13-16-37(50)41-32(31)14-18-40(53)48-41)10-15-33(25)46-39(52)17-11-26-9-12-30(28-7-5-4-6-8-28)34(20-26)47-44(54)55-29-21-35-42-43(56-42)36(22-29)49(35,2)3/h4-10,12-16,18-20,29,35-36,38,42-43,45,51H,11,17,21-24H2,1-3H3,(H3-,46,47,48,50,52,53,54)/p+1/t29-,35-,36+,38-,42-,43+/m0/s1. The zero-order chi connectivity index (χ0) is 39.1.